The number of furan rings is 1. The van der Waals surface area contributed by atoms with Crippen LogP contribution >= 0.6 is 11.8 Å². The third-order valence-corrected chi connectivity index (χ3v) is 4.40. The molecular weight excluding hydrogens is 355 g/mol. The van der Waals surface area contributed by atoms with E-state index in [1.807, 2.05) is 0 Å². The van der Waals surface area contributed by atoms with Crippen molar-refractivity contribution in [3.8, 4) is 0 Å². The molecule has 1 aromatic carbocycles. The zero-order chi connectivity index (χ0) is 17.9. The SMILES string of the molecule is O=C1N/C(=N\N=C/c2ccco2)S[C@H]1Cc1cccc(C(F)(F)F)c1. The molecule has 0 spiro atoms. The van der Waals surface area contributed by atoms with Crippen LogP contribution in [0.3, 0.4) is 0 Å². The van der Waals surface area contributed by atoms with Crippen molar-refractivity contribution in [2.45, 2.75) is 17.8 Å². The van der Waals surface area contributed by atoms with Gasteiger partial charge in [-0.2, -0.15) is 18.3 Å². The van der Waals surface area contributed by atoms with E-state index in [1.54, 1.807) is 18.2 Å². The van der Waals surface area contributed by atoms with Crippen molar-refractivity contribution in [1.29, 1.82) is 0 Å². The number of hydrogen-bond acceptors (Lipinski definition) is 5. The quantitative estimate of drug-likeness (QED) is 0.665. The number of carbonyl (C=O) groups is 1. The Morgan fingerprint density at radius 2 is 2.12 bits per heavy atom. The van der Waals surface area contributed by atoms with Gasteiger partial charge in [-0.05, 0) is 30.2 Å². The van der Waals surface area contributed by atoms with Gasteiger partial charge in [-0.3, -0.25) is 4.79 Å². The smallest absolute Gasteiger partial charge is 0.416 e. The number of alkyl halides is 3. The number of nitrogens with zero attached hydrogens (tertiary/aromatic N) is 2. The fourth-order valence-electron chi connectivity index (χ4n) is 2.18. The van der Waals surface area contributed by atoms with E-state index in [0.29, 0.717) is 16.5 Å². The number of thioether (sulfide) groups is 1. The molecule has 0 radical (unpaired) electrons. The molecule has 1 amide bonds. The zero-order valence-corrected chi connectivity index (χ0v) is 13.5. The first-order valence-electron chi connectivity index (χ1n) is 7.20. The van der Waals surface area contributed by atoms with Crippen LogP contribution in [0.4, 0.5) is 13.2 Å². The first-order valence-corrected chi connectivity index (χ1v) is 8.08. The molecule has 3 rings (SSSR count). The molecule has 130 valence electrons. The van der Waals surface area contributed by atoms with Gasteiger partial charge in [0.15, 0.2) is 5.17 Å². The first-order chi connectivity index (χ1) is 11.9. The maximum absolute atomic E-state index is 12.7. The highest BCUT2D eigenvalue weighted by molar-refractivity contribution is 8.15. The van der Waals surface area contributed by atoms with Gasteiger partial charge in [0, 0.05) is 0 Å². The van der Waals surface area contributed by atoms with Crippen LogP contribution in [0.2, 0.25) is 0 Å². The number of hydrogen-bond donors (Lipinski definition) is 1. The second kappa shape index (κ2) is 7.14. The molecular formula is C16H12F3N3O2S. The molecule has 0 unspecified atom stereocenters. The molecule has 0 bridgehead atoms. The number of amides is 1. The molecule has 1 atom stereocenters. The highest BCUT2D eigenvalue weighted by Gasteiger charge is 2.33. The van der Waals surface area contributed by atoms with E-state index in [0.717, 1.165) is 23.9 Å². The summed E-state index contributed by atoms with van der Waals surface area (Å²) in [5.74, 6) is 0.202. The predicted molar refractivity (Wildman–Crippen MR) is 88.4 cm³/mol. The maximum Gasteiger partial charge on any atom is 0.416 e. The van der Waals surface area contributed by atoms with E-state index in [2.05, 4.69) is 15.5 Å². The van der Waals surface area contributed by atoms with Crippen molar-refractivity contribution < 1.29 is 22.4 Å². The van der Waals surface area contributed by atoms with Gasteiger partial charge in [0.25, 0.3) is 0 Å². The Balaban J connectivity index is 1.65. The highest BCUT2D eigenvalue weighted by Crippen LogP contribution is 2.31. The molecule has 1 fully saturated rings. The van der Waals surface area contributed by atoms with Gasteiger partial charge in [-0.15, -0.1) is 5.10 Å². The molecule has 1 saturated heterocycles. The van der Waals surface area contributed by atoms with Crippen molar-refractivity contribution >= 4 is 29.1 Å². The number of rotatable bonds is 4. The fraction of sp³-hybridized carbons (Fsp3) is 0.188. The lowest BCUT2D eigenvalue weighted by Crippen LogP contribution is -2.26. The fourth-order valence-corrected chi connectivity index (χ4v) is 3.14. The summed E-state index contributed by atoms with van der Waals surface area (Å²) in [4.78, 5) is 12.0. The summed E-state index contributed by atoms with van der Waals surface area (Å²) < 4.78 is 43.3. The lowest BCUT2D eigenvalue weighted by molar-refractivity contribution is -0.137. The molecule has 1 aliphatic rings. The molecule has 1 aromatic heterocycles. The Morgan fingerprint density at radius 1 is 1.28 bits per heavy atom. The van der Waals surface area contributed by atoms with Gasteiger partial charge in [-0.1, -0.05) is 30.0 Å². The average Bonchev–Trinajstić information content (AvgIpc) is 3.18. The molecule has 0 aliphatic carbocycles. The van der Waals surface area contributed by atoms with Gasteiger partial charge in [0.05, 0.1) is 23.3 Å². The summed E-state index contributed by atoms with van der Waals surface area (Å²) in [5.41, 5.74) is -0.298. The van der Waals surface area contributed by atoms with E-state index in [4.69, 9.17) is 4.42 Å². The normalized spacial score (nSPS) is 19.7. The molecule has 2 aromatic rings. The van der Waals surface area contributed by atoms with Crippen molar-refractivity contribution in [3.05, 3.63) is 59.5 Å². The monoisotopic (exact) mass is 367 g/mol. The van der Waals surface area contributed by atoms with Gasteiger partial charge in [-0.25, -0.2) is 0 Å². The lowest BCUT2D eigenvalue weighted by Gasteiger charge is -2.10. The Morgan fingerprint density at radius 3 is 2.84 bits per heavy atom. The van der Waals surface area contributed by atoms with Crippen LogP contribution in [0.5, 0.6) is 0 Å². The van der Waals surface area contributed by atoms with Crippen molar-refractivity contribution in [2.75, 3.05) is 0 Å². The van der Waals surface area contributed by atoms with Crippen LogP contribution in [-0.2, 0) is 17.4 Å². The number of amidine groups is 1. The van der Waals surface area contributed by atoms with Crippen LogP contribution < -0.4 is 5.32 Å². The van der Waals surface area contributed by atoms with Crippen LogP contribution in [0, 0.1) is 0 Å². The molecule has 1 N–H and O–H groups in total. The van der Waals surface area contributed by atoms with Crippen LogP contribution in [-0.4, -0.2) is 22.5 Å². The second-order valence-corrected chi connectivity index (χ2v) is 6.35. The number of halogens is 3. The lowest BCUT2D eigenvalue weighted by atomic mass is 10.1. The van der Waals surface area contributed by atoms with E-state index in [1.165, 1.54) is 18.5 Å². The van der Waals surface area contributed by atoms with Gasteiger partial charge >= 0.3 is 6.18 Å². The van der Waals surface area contributed by atoms with E-state index in [9.17, 15) is 18.0 Å². The predicted octanol–water partition coefficient (Wildman–Crippen LogP) is 3.46. The van der Waals surface area contributed by atoms with E-state index >= 15 is 0 Å². The summed E-state index contributed by atoms with van der Waals surface area (Å²) in [5, 5.41) is 9.98. The van der Waals surface area contributed by atoms with Crippen molar-refractivity contribution in [1.82, 2.24) is 5.32 Å². The van der Waals surface area contributed by atoms with Crippen LogP contribution in [0.15, 0.2) is 57.3 Å². The Hall–Kier alpha value is -2.55. The highest BCUT2D eigenvalue weighted by atomic mass is 32.2. The molecule has 9 heteroatoms. The Bertz CT molecular complexity index is 816. The Labute approximate surface area is 145 Å². The van der Waals surface area contributed by atoms with Gasteiger partial charge in [0.2, 0.25) is 5.91 Å². The number of nitrogens with one attached hydrogen (secondary N) is 1. The third-order valence-electron chi connectivity index (χ3n) is 3.33. The van der Waals surface area contributed by atoms with Crippen LogP contribution in [0.25, 0.3) is 0 Å². The minimum atomic E-state index is -4.41. The van der Waals surface area contributed by atoms with Crippen molar-refractivity contribution in [3.63, 3.8) is 0 Å². The number of benzene rings is 1. The second-order valence-electron chi connectivity index (χ2n) is 5.16. The standard InChI is InChI=1S/C16H12F3N3O2S/c17-16(18,19)11-4-1-3-10(7-11)8-13-14(23)21-15(25-13)22-20-9-12-5-2-6-24-12/h1-7,9,13H,8H2,(H,21,22,23)/b20-9-/t13-/m0/s1. The first kappa shape index (κ1) is 17.3. The third kappa shape index (κ3) is 4.50. The molecule has 0 saturated carbocycles. The minimum Gasteiger partial charge on any atom is -0.463 e. The Kier molecular flexibility index (Phi) is 4.93. The van der Waals surface area contributed by atoms with Crippen LogP contribution in [0.1, 0.15) is 16.9 Å². The summed E-state index contributed by atoms with van der Waals surface area (Å²) in [7, 11) is 0. The van der Waals surface area contributed by atoms with Gasteiger partial charge < -0.3 is 9.73 Å². The summed E-state index contributed by atoms with van der Waals surface area (Å²) in [6.45, 7) is 0. The summed E-state index contributed by atoms with van der Waals surface area (Å²) >= 11 is 1.13. The summed E-state index contributed by atoms with van der Waals surface area (Å²) in [6.07, 6.45) is -1.36. The minimum absolute atomic E-state index is 0.168. The average molecular weight is 367 g/mol. The molecule has 5 nitrogen and oxygen atoms in total. The molecule has 1 aliphatic heterocycles. The maximum atomic E-state index is 12.7. The largest absolute Gasteiger partial charge is 0.463 e. The molecule has 2 heterocycles. The number of carbonyl (C=O) groups excluding carboxylic acids is 1. The topological polar surface area (TPSA) is 67.0 Å². The molecule has 25 heavy (non-hydrogen) atoms. The van der Waals surface area contributed by atoms with Gasteiger partial charge in [0.1, 0.15) is 5.76 Å². The van der Waals surface area contributed by atoms with E-state index < -0.39 is 17.0 Å². The zero-order valence-electron chi connectivity index (χ0n) is 12.7. The summed E-state index contributed by atoms with van der Waals surface area (Å²) in [6, 6.07) is 8.34. The van der Waals surface area contributed by atoms with E-state index in [-0.39, 0.29) is 12.3 Å². The van der Waals surface area contributed by atoms with Crippen molar-refractivity contribution in [2.24, 2.45) is 10.2 Å².